The maximum absolute atomic E-state index is 13.1. The lowest BCUT2D eigenvalue weighted by Gasteiger charge is -2.26. The quantitative estimate of drug-likeness (QED) is 0.536. The first-order chi connectivity index (χ1) is 14.2. The molecule has 0 atom stereocenters. The summed E-state index contributed by atoms with van der Waals surface area (Å²) in [7, 11) is 0. The van der Waals surface area contributed by atoms with Gasteiger partial charge in [0.1, 0.15) is 12.4 Å². The molecule has 1 saturated heterocycles. The number of benzene rings is 2. The zero-order chi connectivity index (χ0) is 20.5. The third kappa shape index (κ3) is 6.96. The fraction of sp³-hybridized carbons (Fsp3) is 0.455. The van der Waals surface area contributed by atoms with Gasteiger partial charge in [0, 0.05) is 32.7 Å². The number of ether oxygens (including phenoxy) is 3. The van der Waals surface area contributed by atoms with Crippen molar-refractivity contribution in [2.75, 3.05) is 46.0 Å². The first-order valence-corrected chi connectivity index (χ1v) is 10.8. The summed E-state index contributed by atoms with van der Waals surface area (Å²) in [6.45, 7) is 9.18. The summed E-state index contributed by atoms with van der Waals surface area (Å²) in [6.07, 6.45) is 0. The van der Waals surface area contributed by atoms with E-state index >= 15 is 0 Å². The maximum Gasteiger partial charge on any atom is 0.175 e. The number of halogens is 2. The van der Waals surface area contributed by atoms with Crippen molar-refractivity contribution < 1.29 is 18.6 Å². The first-order valence-electron chi connectivity index (χ1n) is 9.99. The molecular formula is C22H28BrFN2O3. The smallest absolute Gasteiger partial charge is 0.175 e. The van der Waals surface area contributed by atoms with Crippen molar-refractivity contribution in [3.8, 4) is 11.5 Å². The molecule has 2 aromatic carbocycles. The Labute approximate surface area is 180 Å². The van der Waals surface area contributed by atoms with Gasteiger partial charge in [-0.15, -0.1) is 0 Å². The molecule has 0 amide bonds. The Morgan fingerprint density at radius 3 is 2.59 bits per heavy atom. The molecule has 0 radical (unpaired) electrons. The average molecular weight is 467 g/mol. The Morgan fingerprint density at radius 1 is 1.10 bits per heavy atom. The Kier molecular flexibility index (Phi) is 8.73. The van der Waals surface area contributed by atoms with Crippen molar-refractivity contribution >= 4 is 15.9 Å². The Bertz CT molecular complexity index is 767. The summed E-state index contributed by atoms with van der Waals surface area (Å²) >= 11 is 3.61. The minimum atomic E-state index is -0.254. The van der Waals surface area contributed by atoms with Gasteiger partial charge in [0.05, 0.1) is 24.3 Å². The van der Waals surface area contributed by atoms with Gasteiger partial charge in [0.15, 0.2) is 11.5 Å². The zero-order valence-electron chi connectivity index (χ0n) is 16.8. The molecule has 1 aliphatic heterocycles. The van der Waals surface area contributed by atoms with Crippen molar-refractivity contribution in [3.63, 3.8) is 0 Å². The highest BCUT2D eigenvalue weighted by Gasteiger charge is 2.13. The molecule has 0 spiro atoms. The molecular weight excluding hydrogens is 439 g/mol. The number of morpholine rings is 1. The van der Waals surface area contributed by atoms with Crippen LogP contribution in [0.15, 0.2) is 40.9 Å². The van der Waals surface area contributed by atoms with Gasteiger partial charge in [-0.05, 0) is 58.2 Å². The molecule has 0 saturated carbocycles. The molecule has 1 aliphatic rings. The van der Waals surface area contributed by atoms with E-state index in [1.165, 1.54) is 12.1 Å². The Hall–Kier alpha value is -1.67. The molecule has 0 bridgehead atoms. The number of nitrogens with zero attached hydrogens (tertiary/aromatic N) is 1. The SMILES string of the molecule is CCOc1cc(CNCCN2CCOCC2)cc(Br)c1OCc1ccc(F)cc1. The van der Waals surface area contributed by atoms with Crippen molar-refractivity contribution in [2.24, 2.45) is 0 Å². The average Bonchev–Trinajstić information content (AvgIpc) is 2.73. The fourth-order valence-electron chi connectivity index (χ4n) is 3.16. The van der Waals surface area contributed by atoms with Crippen LogP contribution in [0.2, 0.25) is 0 Å². The van der Waals surface area contributed by atoms with Crippen LogP contribution in [-0.2, 0) is 17.9 Å². The van der Waals surface area contributed by atoms with Crippen LogP contribution in [0.5, 0.6) is 11.5 Å². The van der Waals surface area contributed by atoms with E-state index in [0.717, 1.165) is 61.5 Å². The van der Waals surface area contributed by atoms with Crippen molar-refractivity contribution in [2.45, 2.75) is 20.1 Å². The topological polar surface area (TPSA) is 43.0 Å². The predicted molar refractivity (Wildman–Crippen MR) is 115 cm³/mol. The van der Waals surface area contributed by atoms with E-state index in [1.54, 1.807) is 12.1 Å². The molecule has 1 fully saturated rings. The van der Waals surface area contributed by atoms with Crippen molar-refractivity contribution in [3.05, 3.63) is 57.8 Å². The highest BCUT2D eigenvalue weighted by Crippen LogP contribution is 2.37. The van der Waals surface area contributed by atoms with Crippen LogP contribution in [0.3, 0.4) is 0 Å². The highest BCUT2D eigenvalue weighted by molar-refractivity contribution is 9.10. The van der Waals surface area contributed by atoms with Crippen molar-refractivity contribution in [1.82, 2.24) is 10.2 Å². The van der Waals surface area contributed by atoms with Gasteiger partial charge in [-0.2, -0.15) is 0 Å². The third-order valence-electron chi connectivity index (χ3n) is 4.70. The predicted octanol–water partition coefficient (Wildman–Crippen LogP) is 3.99. The Morgan fingerprint density at radius 2 is 1.86 bits per heavy atom. The van der Waals surface area contributed by atoms with Gasteiger partial charge in [-0.25, -0.2) is 4.39 Å². The van der Waals surface area contributed by atoms with Gasteiger partial charge >= 0.3 is 0 Å². The normalized spacial score (nSPS) is 14.7. The van der Waals surface area contributed by atoms with E-state index in [4.69, 9.17) is 14.2 Å². The van der Waals surface area contributed by atoms with Crippen LogP contribution in [0.1, 0.15) is 18.1 Å². The molecule has 3 rings (SSSR count). The molecule has 2 aromatic rings. The molecule has 5 nitrogen and oxygen atoms in total. The molecule has 0 aromatic heterocycles. The van der Waals surface area contributed by atoms with Crippen LogP contribution in [0.4, 0.5) is 4.39 Å². The second-order valence-electron chi connectivity index (χ2n) is 6.88. The minimum Gasteiger partial charge on any atom is -0.490 e. The molecule has 29 heavy (non-hydrogen) atoms. The largest absolute Gasteiger partial charge is 0.490 e. The molecule has 1 heterocycles. The van der Waals surface area contributed by atoms with E-state index in [9.17, 15) is 4.39 Å². The number of hydrogen-bond acceptors (Lipinski definition) is 5. The molecule has 1 N–H and O–H groups in total. The van der Waals surface area contributed by atoms with E-state index in [-0.39, 0.29) is 5.82 Å². The monoisotopic (exact) mass is 466 g/mol. The molecule has 0 aliphatic carbocycles. The van der Waals surface area contributed by atoms with E-state index in [1.807, 2.05) is 19.1 Å². The highest BCUT2D eigenvalue weighted by atomic mass is 79.9. The fourth-order valence-corrected chi connectivity index (χ4v) is 3.76. The van der Waals surface area contributed by atoms with E-state index in [2.05, 4.69) is 26.1 Å². The van der Waals surface area contributed by atoms with Crippen LogP contribution in [-0.4, -0.2) is 50.9 Å². The zero-order valence-corrected chi connectivity index (χ0v) is 18.3. The van der Waals surface area contributed by atoms with Crippen LogP contribution >= 0.6 is 15.9 Å². The standard InChI is InChI=1S/C22H28BrFN2O3/c1-2-28-21-14-18(15-25-7-8-26-9-11-27-12-10-26)13-20(23)22(21)29-16-17-3-5-19(24)6-4-17/h3-6,13-14,25H,2,7-12,15-16H2,1H3. The lowest BCUT2D eigenvalue weighted by molar-refractivity contribution is 0.0384. The van der Waals surface area contributed by atoms with Gasteiger partial charge in [-0.3, -0.25) is 4.90 Å². The van der Waals surface area contributed by atoms with Gasteiger partial charge in [-0.1, -0.05) is 12.1 Å². The lowest BCUT2D eigenvalue weighted by atomic mass is 10.2. The molecule has 158 valence electrons. The van der Waals surface area contributed by atoms with Gasteiger partial charge in [0.25, 0.3) is 0 Å². The Balaban J connectivity index is 1.57. The number of rotatable bonds is 10. The second kappa shape index (κ2) is 11.5. The summed E-state index contributed by atoms with van der Waals surface area (Å²) in [5.41, 5.74) is 2.02. The number of nitrogens with one attached hydrogen (secondary N) is 1. The summed E-state index contributed by atoms with van der Waals surface area (Å²) in [4.78, 5) is 2.41. The van der Waals surface area contributed by atoms with Crippen molar-refractivity contribution in [1.29, 1.82) is 0 Å². The van der Waals surface area contributed by atoms with Crippen LogP contribution < -0.4 is 14.8 Å². The lowest BCUT2D eigenvalue weighted by Crippen LogP contribution is -2.40. The van der Waals surface area contributed by atoms with Crippen LogP contribution in [0, 0.1) is 5.82 Å². The van der Waals surface area contributed by atoms with E-state index in [0.29, 0.717) is 24.7 Å². The molecule has 7 heteroatoms. The summed E-state index contributed by atoms with van der Waals surface area (Å²) in [5, 5.41) is 3.49. The maximum atomic E-state index is 13.1. The minimum absolute atomic E-state index is 0.254. The van der Waals surface area contributed by atoms with Crippen LogP contribution in [0.25, 0.3) is 0 Å². The number of hydrogen-bond donors (Lipinski definition) is 1. The third-order valence-corrected chi connectivity index (χ3v) is 5.29. The summed E-state index contributed by atoms with van der Waals surface area (Å²) in [6, 6.07) is 10.4. The van der Waals surface area contributed by atoms with Gasteiger partial charge in [0.2, 0.25) is 0 Å². The molecule has 0 unspecified atom stereocenters. The summed E-state index contributed by atoms with van der Waals surface area (Å²) in [5.74, 6) is 1.11. The first kappa shape index (κ1) is 22.0. The second-order valence-corrected chi connectivity index (χ2v) is 7.74. The van der Waals surface area contributed by atoms with Gasteiger partial charge < -0.3 is 19.5 Å². The van der Waals surface area contributed by atoms with E-state index < -0.39 is 0 Å². The summed E-state index contributed by atoms with van der Waals surface area (Å²) < 4.78 is 31.1.